The van der Waals surface area contributed by atoms with Gasteiger partial charge in [0, 0.05) is 4.88 Å². The summed E-state index contributed by atoms with van der Waals surface area (Å²) < 4.78 is 6.15. The minimum Gasteiger partial charge on any atom is -0.459 e. The largest absolute Gasteiger partial charge is 0.459 e. The van der Waals surface area contributed by atoms with Crippen LogP contribution in [0.2, 0.25) is 0 Å². The number of aromatic amines is 1. The lowest BCUT2D eigenvalue weighted by Gasteiger charge is -2.06. The minimum atomic E-state index is -0.535. The van der Waals surface area contributed by atoms with E-state index in [1.807, 2.05) is 13.0 Å². The molecule has 0 radical (unpaired) electrons. The molecule has 0 saturated carbocycles. The number of furan rings is 1. The van der Waals surface area contributed by atoms with Gasteiger partial charge in [-0.1, -0.05) is 6.92 Å². The molecule has 0 fully saturated rings. The zero-order valence-corrected chi connectivity index (χ0v) is 12.6. The summed E-state index contributed by atoms with van der Waals surface area (Å²) in [6, 6.07) is 4.91. The van der Waals surface area contributed by atoms with Crippen molar-refractivity contribution in [2.24, 2.45) is 0 Å². The second-order valence-corrected chi connectivity index (χ2v) is 5.82. The second kappa shape index (κ2) is 5.30. The maximum atomic E-state index is 12.4. The molecule has 0 aliphatic carbocycles. The number of thiophene rings is 1. The van der Waals surface area contributed by atoms with Crippen molar-refractivity contribution in [3.63, 3.8) is 0 Å². The molecule has 1 amide bonds. The zero-order valence-electron chi connectivity index (χ0n) is 11.0. The van der Waals surface area contributed by atoms with Gasteiger partial charge < -0.3 is 9.40 Å². The van der Waals surface area contributed by atoms with E-state index >= 15 is 0 Å². The fourth-order valence-electron chi connectivity index (χ4n) is 1.90. The molecule has 3 rings (SSSR count). The van der Waals surface area contributed by atoms with Crippen molar-refractivity contribution in [1.29, 1.82) is 0 Å². The van der Waals surface area contributed by atoms with E-state index in [0.717, 1.165) is 16.0 Å². The lowest BCUT2D eigenvalue weighted by molar-refractivity contribution is 0.0980. The smallest absolute Gasteiger partial charge is 0.305 e. The molecule has 0 aromatic carbocycles. The maximum Gasteiger partial charge on any atom is 0.305 e. The van der Waals surface area contributed by atoms with Gasteiger partial charge in [0.15, 0.2) is 5.76 Å². The Labute approximate surface area is 128 Å². The summed E-state index contributed by atoms with van der Waals surface area (Å²) in [6.45, 7) is 2.01. The third-order valence-electron chi connectivity index (χ3n) is 2.95. The first-order valence-corrected chi connectivity index (χ1v) is 7.45. The van der Waals surface area contributed by atoms with Crippen LogP contribution in [0.3, 0.4) is 0 Å². The first kappa shape index (κ1) is 13.8. The summed E-state index contributed by atoms with van der Waals surface area (Å²) in [4.78, 5) is 29.1. The Morgan fingerprint density at radius 2 is 2.38 bits per heavy atom. The predicted molar refractivity (Wildman–Crippen MR) is 83.0 cm³/mol. The number of hydrogen-bond donors (Lipinski definition) is 2. The van der Waals surface area contributed by atoms with Crippen molar-refractivity contribution in [2.75, 3.05) is 5.43 Å². The first-order valence-electron chi connectivity index (χ1n) is 6.22. The topological polar surface area (TPSA) is 80.0 Å². The molecule has 3 aromatic heterocycles. The van der Waals surface area contributed by atoms with Gasteiger partial charge in [0.1, 0.15) is 4.83 Å². The Balaban J connectivity index is 2.08. The fraction of sp³-hybridized carbons (Fsp3) is 0.154. The van der Waals surface area contributed by atoms with E-state index in [1.54, 1.807) is 6.07 Å². The molecule has 0 bridgehead atoms. The van der Waals surface area contributed by atoms with Crippen molar-refractivity contribution in [3.05, 3.63) is 50.2 Å². The summed E-state index contributed by atoms with van der Waals surface area (Å²) in [5, 5.41) is 0.505. The number of H-pyrrole nitrogens is 1. The van der Waals surface area contributed by atoms with E-state index in [2.05, 4.69) is 10.4 Å². The quantitative estimate of drug-likeness (QED) is 0.727. The normalized spacial score (nSPS) is 10.9. The fourth-order valence-corrected chi connectivity index (χ4v) is 3.18. The predicted octanol–water partition coefficient (Wildman–Crippen LogP) is 2.66. The second-order valence-electron chi connectivity index (χ2n) is 4.30. The maximum absolute atomic E-state index is 12.4. The number of nitrogens with zero attached hydrogens (tertiary/aromatic N) is 1. The molecular weight excluding hydrogens is 310 g/mol. The lowest BCUT2D eigenvalue weighted by atomic mass is 10.3. The number of aryl methyl sites for hydroxylation is 1. The summed E-state index contributed by atoms with van der Waals surface area (Å²) in [5.74, 6) is -0.428. The average Bonchev–Trinajstić information content (AvgIpc) is 3.11. The third-order valence-corrected chi connectivity index (χ3v) is 4.43. The molecule has 0 aliphatic heterocycles. The summed E-state index contributed by atoms with van der Waals surface area (Å²) in [5.41, 5.74) is 2.08. The van der Waals surface area contributed by atoms with Crippen LogP contribution >= 0.6 is 23.6 Å². The van der Waals surface area contributed by atoms with Crippen molar-refractivity contribution in [1.82, 2.24) is 9.66 Å². The number of aromatic nitrogens is 2. The summed E-state index contributed by atoms with van der Waals surface area (Å²) in [7, 11) is 0. The number of hydrogen-bond acceptors (Lipinski definition) is 5. The molecule has 0 atom stereocenters. The van der Waals surface area contributed by atoms with Crippen molar-refractivity contribution < 1.29 is 9.21 Å². The van der Waals surface area contributed by atoms with Crippen LogP contribution in [0, 0.1) is 4.77 Å². The summed E-state index contributed by atoms with van der Waals surface area (Å²) in [6.07, 6.45) is 2.21. The molecule has 0 saturated heterocycles. The number of fused-ring (bicyclic) bond motifs is 1. The SMILES string of the molecule is CCc1cc2c(=O)n(NC(=O)c3ccco3)c(=S)[nH]c2s1. The highest BCUT2D eigenvalue weighted by Crippen LogP contribution is 2.21. The Hall–Kier alpha value is -2.19. The van der Waals surface area contributed by atoms with Gasteiger partial charge >= 0.3 is 5.91 Å². The molecule has 0 unspecified atom stereocenters. The van der Waals surface area contributed by atoms with Gasteiger partial charge in [0.25, 0.3) is 5.56 Å². The van der Waals surface area contributed by atoms with Crippen LogP contribution in [-0.2, 0) is 6.42 Å². The molecule has 6 nitrogen and oxygen atoms in total. The first-order chi connectivity index (χ1) is 10.1. The van der Waals surface area contributed by atoms with E-state index in [4.69, 9.17) is 16.6 Å². The molecule has 21 heavy (non-hydrogen) atoms. The van der Waals surface area contributed by atoms with Gasteiger partial charge in [-0.25, -0.2) is 0 Å². The average molecular weight is 321 g/mol. The monoisotopic (exact) mass is 321 g/mol. The molecule has 3 heterocycles. The van der Waals surface area contributed by atoms with E-state index in [9.17, 15) is 9.59 Å². The van der Waals surface area contributed by atoms with E-state index in [-0.39, 0.29) is 16.1 Å². The van der Waals surface area contributed by atoms with Crippen molar-refractivity contribution in [2.45, 2.75) is 13.3 Å². The van der Waals surface area contributed by atoms with E-state index < -0.39 is 5.91 Å². The van der Waals surface area contributed by atoms with Gasteiger partial charge in [-0.2, -0.15) is 4.68 Å². The van der Waals surface area contributed by atoms with Gasteiger partial charge in [-0.15, -0.1) is 11.3 Å². The Morgan fingerprint density at radius 1 is 1.57 bits per heavy atom. The highest BCUT2D eigenvalue weighted by atomic mass is 32.1. The van der Waals surface area contributed by atoms with Gasteiger partial charge in [-0.05, 0) is 36.8 Å². The van der Waals surface area contributed by atoms with E-state index in [1.165, 1.54) is 23.7 Å². The van der Waals surface area contributed by atoms with Gasteiger partial charge in [-0.3, -0.25) is 15.0 Å². The Morgan fingerprint density at radius 3 is 3.05 bits per heavy atom. The van der Waals surface area contributed by atoms with Crippen LogP contribution in [0.1, 0.15) is 22.4 Å². The molecule has 2 N–H and O–H groups in total. The molecule has 0 aliphatic rings. The number of carbonyl (C=O) groups excluding carboxylic acids is 1. The lowest BCUT2D eigenvalue weighted by Crippen LogP contribution is -2.34. The van der Waals surface area contributed by atoms with Crippen LogP contribution in [0.5, 0.6) is 0 Å². The van der Waals surface area contributed by atoms with Crippen molar-refractivity contribution >= 4 is 39.7 Å². The highest BCUT2D eigenvalue weighted by molar-refractivity contribution is 7.71. The third kappa shape index (κ3) is 2.43. The molecule has 0 spiro atoms. The Bertz CT molecular complexity index is 918. The van der Waals surface area contributed by atoms with Crippen LogP contribution in [-0.4, -0.2) is 15.6 Å². The Kier molecular flexibility index (Phi) is 3.48. The summed E-state index contributed by atoms with van der Waals surface area (Å²) >= 11 is 6.61. The van der Waals surface area contributed by atoms with Crippen LogP contribution < -0.4 is 11.0 Å². The van der Waals surface area contributed by atoms with E-state index in [0.29, 0.717) is 10.2 Å². The van der Waals surface area contributed by atoms with Crippen LogP contribution in [0.4, 0.5) is 0 Å². The molecule has 108 valence electrons. The highest BCUT2D eigenvalue weighted by Gasteiger charge is 2.13. The molecular formula is C13H11N3O3S2. The number of nitrogens with one attached hydrogen (secondary N) is 2. The van der Waals surface area contributed by atoms with Gasteiger partial charge in [0.2, 0.25) is 4.77 Å². The standard InChI is InChI=1S/C13H11N3O3S2/c1-2-7-6-8-11(21-7)14-13(20)16(12(8)18)15-10(17)9-4-3-5-19-9/h3-6H,2H2,1H3,(H,14,20)(H,15,17). The number of carbonyl (C=O) groups is 1. The van der Waals surface area contributed by atoms with Crippen LogP contribution in [0.25, 0.3) is 10.2 Å². The minimum absolute atomic E-state index is 0.107. The molecule has 8 heteroatoms. The zero-order chi connectivity index (χ0) is 15.0. The number of rotatable bonds is 3. The van der Waals surface area contributed by atoms with Crippen molar-refractivity contribution in [3.8, 4) is 0 Å². The molecule has 3 aromatic rings. The van der Waals surface area contributed by atoms with Crippen LogP contribution in [0.15, 0.2) is 33.7 Å². The van der Waals surface area contributed by atoms with Gasteiger partial charge in [0.05, 0.1) is 11.6 Å². The number of amides is 1.